The van der Waals surface area contributed by atoms with E-state index >= 15 is 0 Å². The summed E-state index contributed by atoms with van der Waals surface area (Å²) in [5.41, 5.74) is 1.15. The largest absolute Gasteiger partial charge is 0.484 e. The van der Waals surface area contributed by atoms with Crippen LogP contribution in [0.5, 0.6) is 5.75 Å². The number of ketones is 1. The molecule has 0 N–H and O–H groups in total. The zero-order chi connectivity index (χ0) is 20.9. The maximum atomic E-state index is 12.6. The Labute approximate surface area is 171 Å². The normalized spacial score (nSPS) is 17.6. The van der Waals surface area contributed by atoms with Crippen LogP contribution in [0.2, 0.25) is 0 Å². The van der Waals surface area contributed by atoms with Gasteiger partial charge in [0.15, 0.2) is 22.2 Å². The third-order valence-corrected chi connectivity index (χ3v) is 6.70. The summed E-state index contributed by atoms with van der Waals surface area (Å²) in [4.78, 5) is 26.7. The summed E-state index contributed by atoms with van der Waals surface area (Å²) in [6.45, 7) is 2.29. The van der Waals surface area contributed by atoms with Gasteiger partial charge in [-0.3, -0.25) is 9.59 Å². The highest BCUT2D eigenvalue weighted by molar-refractivity contribution is 7.91. The van der Waals surface area contributed by atoms with E-state index in [9.17, 15) is 18.0 Å². The van der Waals surface area contributed by atoms with Crippen LogP contribution in [0, 0.1) is 0 Å². The Morgan fingerprint density at radius 3 is 2.28 bits per heavy atom. The minimum Gasteiger partial charge on any atom is -0.484 e. The van der Waals surface area contributed by atoms with Gasteiger partial charge in [-0.2, -0.15) is 0 Å². The van der Waals surface area contributed by atoms with Gasteiger partial charge in [-0.25, -0.2) is 8.42 Å². The minimum absolute atomic E-state index is 0.0229. The highest BCUT2D eigenvalue weighted by atomic mass is 32.2. The van der Waals surface area contributed by atoms with Gasteiger partial charge in [-0.15, -0.1) is 0 Å². The number of hydrogen-bond acceptors (Lipinski definition) is 5. The smallest absolute Gasteiger partial charge is 0.260 e. The summed E-state index contributed by atoms with van der Waals surface area (Å²) < 4.78 is 29.1. The van der Waals surface area contributed by atoms with Crippen LogP contribution < -0.4 is 4.74 Å². The van der Waals surface area contributed by atoms with Gasteiger partial charge >= 0.3 is 0 Å². The molecular formula is C22H25NO5S. The molecule has 1 heterocycles. The first kappa shape index (κ1) is 21.0. The number of benzene rings is 2. The van der Waals surface area contributed by atoms with E-state index in [0.717, 1.165) is 6.42 Å². The van der Waals surface area contributed by atoms with Gasteiger partial charge in [0.25, 0.3) is 5.91 Å². The van der Waals surface area contributed by atoms with Crippen LogP contribution in [0.1, 0.15) is 35.7 Å². The number of carbonyl (C=O) groups is 2. The van der Waals surface area contributed by atoms with E-state index in [1.807, 2.05) is 25.1 Å². The van der Waals surface area contributed by atoms with Crippen molar-refractivity contribution in [3.63, 3.8) is 0 Å². The number of carbonyl (C=O) groups excluding carboxylic acids is 2. The van der Waals surface area contributed by atoms with Gasteiger partial charge in [0.1, 0.15) is 5.75 Å². The number of hydrogen-bond donors (Lipinski definition) is 0. The van der Waals surface area contributed by atoms with E-state index < -0.39 is 9.84 Å². The lowest BCUT2D eigenvalue weighted by atomic mass is 10.0. The fourth-order valence-corrected chi connectivity index (χ4v) is 5.19. The first-order chi connectivity index (χ1) is 13.9. The Balaban J connectivity index is 1.60. The second-order valence-corrected chi connectivity index (χ2v) is 9.38. The molecule has 1 unspecified atom stereocenters. The monoisotopic (exact) mass is 415 g/mol. The fourth-order valence-electron chi connectivity index (χ4n) is 3.46. The number of ether oxygens (including phenoxy) is 1. The fraction of sp³-hybridized carbons (Fsp3) is 0.364. The van der Waals surface area contributed by atoms with Crippen LogP contribution >= 0.6 is 0 Å². The summed E-state index contributed by atoms with van der Waals surface area (Å²) in [7, 11) is -3.06. The lowest BCUT2D eigenvalue weighted by Gasteiger charge is -2.27. The van der Waals surface area contributed by atoms with Crippen LogP contribution in [0.3, 0.4) is 0 Å². The molecule has 2 aromatic carbocycles. The van der Waals surface area contributed by atoms with Crippen molar-refractivity contribution < 1.29 is 22.7 Å². The van der Waals surface area contributed by atoms with Crippen LogP contribution in [0.15, 0.2) is 54.6 Å². The topological polar surface area (TPSA) is 80.8 Å². The molecule has 2 aromatic rings. The second-order valence-electron chi connectivity index (χ2n) is 7.15. The van der Waals surface area contributed by atoms with Gasteiger partial charge in [0, 0.05) is 23.7 Å². The molecule has 1 saturated heterocycles. The van der Waals surface area contributed by atoms with Gasteiger partial charge in [0.2, 0.25) is 0 Å². The van der Waals surface area contributed by atoms with Gasteiger partial charge in [-0.1, -0.05) is 37.3 Å². The molecule has 0 aliphatic carbocycles. The third kappa shape index (κ3) is 5.44. The SMILES string of the molecule is CCCN(C(=O)COc1ccc(C(=O)c2ccccc2)cc1)C1CCS(=O)(=O)C1. The zero-order valence-corrected chi connectivity index (χ0v) is 17.2. The Bertz CT molecular complexity index is 954. The van der Waals surface area contributed by atoms with Crippen LogP contribution in [-0.4, -0.2) is 55.7 Å². The summed E-state index contributed by atoms with van der Waals surface area (Å²) >= 11 is 0. The molecule has 0 radical (unpaired) electrons. The van der Waals surface area contributed by atoms with E-state index in [2.05, 4.69) is 0 Å². The second kappa shape index (κ2) is 9.22. The number of nitrogens with zero attached hydrogens (tertiary/aromatic N) is 1. The van der Waals surface area contributed by atoms with Crippen LogP contribution in [-0.2, 0) is 14.6 Å². The molecule has 29 heavy (non-hydrogen) atoms. The Kier molecular flexibility index (Phi) is 6.69. The summed E-state index contributed by atoms with van der Waals surface area (Å²) in [5.74, 6) is 0.333. The maximum Gasteiger partial charge on any atom is 0.260 e. The highest BCUT2D eigenvalue weighted by Crippen LogP contribution is 2.19. The molecule has 0 bridgehead atoms. The van der Waals surface area contributed by atoms with Crippen LogP contribution in [0.4, 0.5) is 0 Å². The van der Waals surface area contributed by atoms with Crippen molar-refractivity contribution in [2.24, 2.45) is 0 Å². The average molecular weight is 416 g/mol. The predicted octanol–water partition coefficient (Wildman–Crippen LogP) is 2.72. The van der Waals surface area contributed by atoms with Gasteiger partial charge in [-0.05, 0) is 37.1 Å². The molecular weight excluding hydrogens is 390 g/mol. The molecule has 1 fully saturated rings. The Morgan fingerprint density at radius 2 is 1.69 bits per heavy atom. The Morgan fingerprint density at radius 1 is 1.03 bits per heavy atom. The average Bonchev–Trinajstić information content (AvgIpc) is 3.10. The molecule has 7 heteroatoms. The van der Waals surface area contributed by atoms with Crippen molar-refractivity contribution in [3.05, 3.63) is 65.7 Å². The number of rotatable bonds is 8. The molecule has 0 aromatic heterocycles. The number of amides is 1. The van der Waals surface area contributed by atoms with Crippen molar-refractivity contribution in [2.75, 3.05) is 24.7 Å². The van der Waals surface area contributed by atoms with Crippen molar-refractivity contribution >= 4 is 21.5 Å². The number of sulfone groups is 1. The summed E-state index contributed by atoms with van der Waals surface area (Å²) in [6.07, 6.45) is 1.23. The van der Waals surface area contributed by atoms with E-state index in [1.54, 1.807) is 41.3 Å². The highest BCUT2D eigenvalue weighted by Gasteiger charge is 2.34. The van der Waals surface area contributed by atoms with E-state index in [0.29, 0.717) is 29.8 Å². The summed E-state index contributed by atoms with van der Waals surface area (Å²) in [5, 5.41) is 0. The molecule has 3 rings (SSSR count). The molecule has 1 aliphatic heterocycles. The third-order valence-electron chi connectivity index (χ3n) is 4.95. The Hall–Kier alpha value is -2.67. The van der Waals surface area contributed by atoms with E-state index in [4.69, 9.17) is 4.74 Å². The molecule has 1 aliphatic rings. The molecule has 154 valence electrons. The summed E-state index contributed by atoms with van der Waals surface area (Å²) in [6, 6.07) is 15.4. The molecule has 1 atom stereocenters. The molecule has 0 spiro atoms. The van der Waals surface area contributed by atoms with Crippen molar-refractivity contribution in [2.45, 2.75) is 25.8 Å². The first-order valence-electron chi connectivity index (χ1n) is 9.72. The quantitative estimate of drug-likeness (QED) is 0.620. The van der Waals surface area contributed by atoms with E-state index in [-0.39, 0.29) is 35.8 Å². The predicted molar refractivity (Wildman–Crippen MR) is 111 cm³/mol. The van der Waals surface area contributed by atoms with Gasteiger partial charge in [0.05, 0.1) is 11.5 Å². The molecule has 6 nitrogen and oxygen atoms in total. The van der Waals surface area contributed by atoms with Crippen LogP contribution in [0.25, 0.3) is 0 Å². The first-order valence-corrected chi connectivity index (χ1v) is 11.5. The van der Waals surface area contributed by atoms with Crippen molar-refractivity contribution in [1.29, 1.82) is 0 Å². The zero-order valence-electron chi connectivity index (χ0n) is 16.4. The standard InChI is InChI=1S/C22H25NO5S/c1-2-13-23(19-12-14-29(26,27)16-19)21(24)15-28-20-10-8-18(9-11-20)22(25)17-6-4-3-5-7-17/h3-11,19H,2,12-16H2,1H3. The van der Waals surface area contributed by atoms with Crippen molar-refractivity contribution in [1.82, 2.24) is 4.90 Å². The van der Waals surface area contributed by atoms with Crippen molar-refractivity contribution in [3.8, 4) is 5.75 Å². The molecule has 1 amide bonds. The van der Waals surface area contributed by atoms with E-state index in [1.165, 1.54) is 0 Å². The van der Waals surface area contributed by atoms with Gasteiger partial charge < -0.3 is 9.64 Å². The minimum atomic E-state index is -3.06. The molecule has 0 saturated carbocycles. The maximum absolute atomic E-state index is 12.6. The lowest BCUT2D eigenvalue weighted by Crippen LogP contribution is -2.44. The lowest BCUT2D eigenvalue weighted by molar-refractivity contribution is -0.135.